The third-order valence-electron chi connectivity index (χ3n) is 9.29. The van der Waals surface area contributed by atoms with Gasteiger partial charge < -0.3 is 34.3 Å². The molecule has 258 valence electrons. The number of ketones is 1. The minimum Gasteiger partial charge on any atom is -0.460 e. The van der Waals surface area contributed by atoms with Crippen molar-refractivity contribution in [2.45, 2.75) is 83.6 Å². The number of Topliss-reactive ketones (excluding diaryl/α,β-unsaturated/α-hetero) is 1. The molecule has 0 aromatic carbocycles. The molecule has 47 heavy (non-hydrogen) atoms. The van der Waals surface area contributed by atoms with Crippen molar-refractivity contribution < 1.29 is 33.4 Å². The quantitative estimate of drug-likeness (QED) is 0.465. The van der Waals surface area contributed by atoms with Crippen LogP contribution in [0, 0.1) is 11.8 Å². The fraction of sp³-hybridized carbons (Fsp3) is 0.629. The van der Waals surface area contributed by atoms with Crippen molar-refractivity contribution in [3.63, 3.8) is 0 Å². The van der Waals surface area contributed by atoms with Crippen LogP contribution in [-0.4, -0.2) is 119 Å². The van der Waals surface area contributed by atoms with Crippen LogP contribution in [0.1, 0.15) is 69.3 Å². The molecule has 0 radical (unpaired) electrons. The molecule has 0 saturated carbocycles. The zero-order valence-electron chi connectivity index (χ0n) is 28.4. The predicted molar refractivity (Wildman–Crippen MR) is 176 cm³/mol. The highest BCUT2D eigenvalue weighted by Gasteiger charge is 2.39. The second-order valence-corrected chi connectivity index (χ2v) is 13.4. The summed E-state index contributed by atoms with van der Waals surface area (Å²) in [6.45, 7) is 9.08. The van der Waals surface area contributed by atoms with Gasteiger partial charge in [-0.3, -0.25) is 14.4 Å². The van der Waals surface area contributed by atoms with E-state index in [9.17, 15) is 24.3 Å². The minimum atomic E-state index is -1.01. The van der Waals surface area contributed by atoms with Crippen LogP contribution in [0.5, 0.6) is 0 Å². The van der Waals surface area contributed by atoms with Crippen molar-refractivity contribution in [1.29, 1.82) is 0 Å². The minimum absolute atomic E-state index is 0.0145. The normalized spacial score (nSPS) is 29.9. The number of oxazole rings is 1. The first kappa shape index (κ1) is 36.2. The Bertz CT molecular complexity index is 1340. The molecule has 3 aliphatic rings. The number of cyclic esters (lactones) is 1. The van der Waals surface area contributed by atoms with Gasteiger partial charge in [0.15, 0.2) is 5.69 Å². The molecule has 12 heteroatoms. The van der Waals surface area contributed by atoms with E-state index in [1.807, 2.05) is 6.92 Å². The van der Waals surface area contributed by atoms with E-state index in [0.29, 0.717) is 25.4 Å². The fourth-order valence-electron chi connectivity index (χ4n) is 6.68. The van der Waals surface area contributed by atoms with Gasteiger partial charge in [-0.25, -0.2) is 9.78 Å². The van der Waals surface area contributed by atoms with Crippen molar-refractivity contribution in [3.8, 4) is 0 Å². The number of likely N-dealkylation sites (tertiary alicyclic amines) is 1. The number of aliphatic hydroxyl groups is 1. The topological polar surface area (TPSA) is 146 Å². The summed E-state index contributed by atoms with van der Waals surface area (Å²) in [5, 5.41) is 13.2. The summed E-state index contributed by atoms with van der Waals surface area (Å²) < 4.78 is 11.7. The number of nitrogens with zero attached hydrogens (tertiary/aromatic N) is 4. The first-order chi connectivity index (χ1) is 22.4. The number of esters is 1. The van der Waals surface area contributed by atoms with Crippen LogP contribution in [0.15, 0.2) is 46.6 Å². The molecule has 4 heterocycles. The molecule has 2 bridgehead atoms. The molecule has 12 nitrogen and oxygen atoms in total. The number of amides is 2. The van der Waals surface area contributed by atoms with Gasteiger partial charge in [0.25, 0.3) is 5.91 Å². The number of rotatable bonds is 4. The first-order valence-corrected chi connectivity index (χ1v) is 16.8. The fourth-order valence-corrected chi connectivity index (χ4v) is 6.68. The second-order valence-electron chi connectivity index (χ2n) is 13.4. The van der Waals surface area contributed by atoms with Gasteiger partial charge in [-0.15, -0.1) is 0 Å². The standard InChI is InChI=1S/C35H51N5O7/c1-23-8-6-14-36-31(43)11-10-24(2)33(25(3)21-39-16-12-26(13-17-39)38(4)5)47-35(45)30-9-7-15-40(30)34(44)29-22-46-32(37-29)20-28(42)19-27(41)18-23/h6,8,10-11,18,22,24-27,30,33,41H,7,9,12-17,19-21H2,1-5H3,(H,36,43)/b8-6+,11-10+,23-18+/t24-,25+,27-,30-,33+/m1/s1. The first-order valence-electron chi connectivity index (χ1n) is 16.8. The lowest BCUT2D eigenvalue weighted by Gasteiger charge is -2.38. The van der Waals surface area contributed by atoms with Crippen molar-refractivity contribution >= 4 is 23.6 Å². The Hall–Kier alpha value is -3.61. The second kappa shape index (κ2) is 17.0. The molecule has 2 fully saturated rings. The van der Waals surface area contributed by atoms with E-state index in [1.54, 1.807) is 31.2 Å². The average Bonchev–Trinajstić information content (AvgIpc) is 3.70. The number of nitrogens with one attached hydrogen (secondary N) is 1. The van der Waals surface area contributed by atoms with E-state index in [4.69, 9.17) is 9.15 Å². The molecule has 1 aromatic heterocycles. The van der Waals surface area contributed by atoms with Gasteiger partial charge in [-0.2, -0.15) is 0 Å². The Morgan fingerprint density at radius 3 is 2.57 bits per heavy atom. The molecule has 0 aliphatic carbocycles. The summed E-state index contributed by atoms with van der Waals surface area (Å²) in [6, 6.07) is -0.232. The molecule has 1 aromatic rings. The Kier molecular flexibility index (Phi) is 13.1. The van der Waals surface area contributed by atoms with E-state index in [2.05, 4.69) is 41.1 Å². The van der Waals surface area contributed by atoms with Gasteiger partial charge in [0.05, 0.1) is 12.5 Å². The van der Waals surface area contributed by atoms with Crippen molar-refractivity contribution in [1.82, 2.24) is 25.0 Å². The largest absolute Gasteiger partial charge is 0.460 e. The van der Waals surface area contributed by atoms with E-state index in [1.165, 1.54) is 17.2 Å². The SMILES string of the molecule is CC1=C\[C@@H](O)CC(=O)Cc2nc(co2)C(=O)N2CCC[C@@H]2C(=O)O[C@H]([C@@H](C)CN2CCC(N(C)C)CC2)[C@H](C)/C=C/C(=O)NC\C=C\1. The number of aromatic nitrogens is 1. The zero-order chi connectivity index (χ0) is 34.1. The van der Waals surface area contributed by atoms with Crippen LogP contribution in [0.3, 0.4) is 0 Å². The molecule has 0 unspecified atom stereocenters. The average molecular weight is 654 g/mol. The molecule has 0 spiro atoms. The zero-order valence-corrected chi connectivity index (χ0v) is 28.4. The van der Waals surface area contributed by atoms with Gasteiger partial charge in [-0.05, 0) is 65.9 Å². The monoisotopic (exact) mass is 653 g/mol. The van der Waals surface area contributed by atoms with Gasteiger partial charge in [0, 0.05) is 43.9 Å². The van der Waals surface area contributed by atoms with E-state index < -0.39 is 30.1 Å². The van der Waals surface area contributed by atoms with Gasteiger partial charge >= 0.3 is 5.97 Å². The number of carbonyl (C=O) groups excluding carboxylic acids is 4. The molecule has 2 amide bonds. The molecule has 4 rings (SSSR count). The third-order valence-corrected chi connectivity index (χ3v) is 9.29. The van der Waals surface area contributed by atoms with Gasteiger partial charge in [-0.1, -0.05) is 43.7 Å². The maximum absolute atomic E-state index is 13.8. The number of hydrogen-bond acceptors (Lipinski definition) is 10. The van der Waals surface area contributed by atoms with Crippen molar-refractivity contribution in [2.75, 3.05) is 46.8 Å². The van der Waals surface area contributed by atoms with Crippen LogP contribution in [-0.2, 0) is 25.5 Å². The van der Waals surface area contributed by atoms with E-state index in [0.717, 1.165) is 38.0 Å². The maximum atomic E-state index is 13.8. The Morgan fingerprint density at radius 2 is 1.85 bits per heavy atom. The summed E-state index contributed by atoms with van der Waals surface area (Å²) in [7, 11) is 4.22. The number of allylic oxidation sites excluding steroid dienone is 2. The molecular weight excluding hydrogens is 602 g/mol. The van der Waals surface area contributed by atoms with Crippen molar-refractivity contribution in [2.24, 2.45) is 11.8 Å². The lowest BCUT2D eigenvalue weighted by Crippen LogP contribution is -2.47. The molecule has 5 atom stereocenters. The smallest absolute Gasteiger partial charge is 0.329 e. The highest BCUT2D eigenvalue weighted by Crippen LogP contribution is 2.27. The Balaban J connectivity index is 1.55. The van der Waals surface area contributed by atoms with Crippen LogP contribution in [0.2, 0.25) is 0 Å². The molecule has 2 saturated heterocycles. The lowest BCUT2D eigenvalue weighted by atomic mass is 9.91. The maximum Gasteiger partial charge on any atom is 0.329 e. The number of hydrogen-bond donors (Lipinski definition) is 2. The lowest BCUT2D eigenvalue weighted by molar-refractivity contribution is -0.158. The summed E-state index contributed by atoms with van der Waals surface area (Å²) in [6.07, 6.45) is 10.9. The number of piperidine rings is 1. The highest BCUT2D eigenvalue weighted by atomic mass is 16.5. The Labute approximate surface area is 277 Å². The molecule has 3 aliphatic heterocycles. The summed E-state index contributed by atoms with van der Waals surface area (Å²) >= 11 is 0. The third kappa shape index (κ3) is 10.4. The molecule has 2 N–H and O–H groups in total. The van der Waals surface area contributed by atoms with Crippen LogP contribution in [0.25, 0.3) is 0 Å². The number of ether oxygens (including phenoxy) is 1. The number of aliphatic hydroxyl groups excluding tert-OH is 1. The summed E-state index contributed by atoms with van der Waals surface area (Å²) in [4.78, 5) is 62.9. The van der Waals surface area contributed by atoms with Crippen LogP contribution < -0.4 is 5.32 Å². The predicted octanol–water partition coefficient (Wildman–Crippen LogP) is 2.54. The highest BCUT2D eigenvalue weighted by molar-refractivity contribution is 5.95. The Morgan fingerprint density at radius 1 is 1.11 bits per heavy atom. The van der Waals surface area contributed by atoms with Crippen LogP contribution in [0.4, 0.5) is 0 Å². The van der Waals surface area contributed by atoms with Gasteiger partial charge in [0.1, 0.15) is 24.2 Å². The van der Waals surface area contributed by atoms with Gasteiger partial charge in [0.2, 0.25) is 11.8 Å². The number of fused-ring (bicyclic) bond motifs is 3. The van der Waals surface area contributed by atoms with Crippen molar-refractivity contribution in [3.05, 3.63) is 53.8 Å². The van der Waals surface area contributed by atoms with E-state index in [-0.39, 0.29) is 54.5 Å². The number of carbonyl (C=O) groups is 4. The summed E-state index contributed by atoms with van der Waals surface area (Å²) in [5.74, 6) is -1.78. The van der Waals surface area contributed by atoms with E-state index >= 15 is 0 Å². The van der Waals surface area contributed by atoms with Crippen LogP contribution >= 0.6 is 0 Å². The summed E-state index contributed by atoms with van der Waals surface area (Å²) in [5.41, 5.74) is 0.747. The molecular formula is C35H51N5O7.